The fraction of sp³-hybridized carbons (Fsp3) is 0.500. The van der Waals surface area contributed by atoms with Gasteiger partial charge in [0.2, 0.25) is 5.88 Å². The van der Waals surface area contributed by atoms with Gasteiger partial charge in [0.05, 0.1) is 4.88 Å². The van der Waals surface area contributed by atoms with Crippen molar-refractivity contribution < 1.29 is 9.53 Å². The SMILES string of the molecule is CC(=O)c1cc2ccc(OC3CCNC(C)(C)C3)nc2s1. The zero-order chi connectivity index (χ0) is 15.0. The second-order valence-electron chi connectivity index (χ2n) is 6.25. The van der Waals surface area contributed by atoms with Crippen LogP contribution in [0.3, 0.4) is 0 Å². The first-order valence-corrected chi connectivity index (χ1v) is 8.08. The van der Waals surface area contributed by atoms with Crippen LogP contribution in [0.1, 0.15) is 43.3 Å². The Labute approximate surface area is 128 Å². The van der Waals surface area contributed by atoms with Gasteiger partial charge in [0, 0.05) is 23.4 Å². The summed E-state index contributed by atoms with van der Waals surface area (Å²) < 4.78 is 6.04. The van der Waals surface area contributed by atoms with E-state index in [1.54, 1.807) is 6.92 Å². The third kappa shape index (κ3) is 3.24. The van der Waals surface area contributed by atoms with Crippen LogP contribution in [0.4, 0.5) is 0 Å². The second-order valence-corrected chi connectivity index (χ2v) is 7.28. The maximum Gasteiger partial charge on any atom is 0.214 e. The zero-order valence-corrected chi connectivity index (χ0v) is 13.4. The van der Waals surface area contributed by atoms with Crippen LogP contribution in [0, 0.1) is 0 Å². The van der Waals surface area contributed by atoms with Crippen molar-refractivity contribution >= 4 is 27.3 Å². The van der Waals surface area contributed by atoms with Crippen molar-refractivity contribution in [3.63, 3.8) is 0 Å². The third-order valence-electron chi connectivity index (χ3n) is 3.80. The van der Waals surface area contributed by atoms with Gasteiger partial charge in [-0.1, -0.05) is 0 Å². The number of thiophene rings is 1. The number of hydrogen-bond acceptors (Lipinski definition) is 5. The van der Waals surface area contributed by atoms with Crippen LogP contribution in [0.15, 0.2) is 18.2 Å². The zero-order valence-electron chi connectivity index (χ0n) is 12.6. The summed E-state index contributed by atoms with van der Waals surface area (Å²) in [4.78, 5) is 17.6. The van der Waals surface area contributed by atoms with Crippen LogP contribution in [-0.4, -0.2) is 29.0 Å². The maximum atomic E-state index is 11.4. The second kappa shape index (κ2) is 5.39. The van der Waals surface area contributed by atoms with Crippen molar-refractivity contribution in [2.45, 2.75) is 45.3 Å². The van der Waals surface area contributed by atoms with Crippen LogP contribution < -0.4 is 10.1 Å². The van der Waals surface area contributed by atoms with Gasteiger partial charge in [0.15, 0.2) is 5.78 Å². The number of Topliss-reactive ketones (excluding diaryl/α,β-unsaturated/α-hetero) is 1. The molecule has 4 nitrogen and oxygen atoms in total. The summed E-state index contributed by atoms with van der Waals surface area (Å²) >= 11 is 1.43. The van der Waals surface area contributed by atoms with Crippen LogP contribution in [0.5, 0.6) is 5.88 Å². The minimum absolute atomic E-state index is 0.0839. The number of ether oxygens (including phenoxy) is 1. The predicted molar refractivity (Wildman–Crippen MR) is 85.4 cm³/mol. The molecule has 0 spiro atoms. The number of ketones is 1. The molecule has 0 aliphatic carbocycles. The van der Waals surface area contributed by atoms with E-state index in [4.69, 9.17) is 4.74 Å². The molecule has 5 heteroatoms. The van der Waals surface area contributed by atoms with Crippen molar-refractivity contribution in [1.29, 1.82) is 0 Å². The molecule has 112 valence electrons. The van der Waals surface area contributed by atoms with Crippen molar-refractivity contribution in [3.8, 4) is 5.88 Å². The molecule has 1 saturated heterocycles. The number of fused-ring (bicyclic) bond motifs is 1. The number of nitrogens with zero attached hydrogens (tertiary/aromatic N) is 1. The molecule has 1 atom stereocenters. The Morgan fingerprint density at radius 1 is 1.48 bits per heavy atom. The van der Waals surface area contributed by atoms with Gasteiger partial charge in [-0.15, -0.1) is 11.3 Å². The smallest absolute Gasteiger partial charge is 0.214 e. The van der Waals surface area contributed by atoms with Crippen LogP contribution in [0.25, 0.3) is 10.2 Å². The Morgan fingerprint density at radius 3 is 3.00 bits per heavy atom. The van der Waals surface area contributed by atoms with Crippen molar-refractivity contribution in [3.05, 3.63) is 23.1 Å². The molecule has 1 aliphatic rings. The Morgan fingerprint density at radius 2 is 2.29 bits per heavy atom. The van der Waals surface area contributed by atoms with Crippen molar-refractivity contribution in [1.82, 2.24) is 10.3 Å². The van der Waals surface area contributed by atoms with E-state index in [0.29, 0.717) is 5.88 Å². The van der Waals surface area contributed by atoms with Crippen molar-refractivity contribution in [2.75, 3.05) is 6.54 Å². The summed E-state index contributed by atoms with van der Waals surface area (Å²) in [6.45, 7) is 6.93. The molecule has 1 N–H and O–H groups in total. The van der Waals surface area contributed by atoms with Crippen molar-refractivity contribution in [2.24, 2.45) is 0 Å². The highest BCUT2D eigenvalue weighted by Gasteiger charge is 2.28. The number of pyridine rings is 1. The highest BCUT2D eigenvalue weighted by atomic mass is 32.1. The molecule has 0 saturated carbocycles. The molecule has 21 heavy (non-hydrogen) atoms. The summed E-state index contributed by atoms with van der Waals surface area (Å²) in [6.07, 6.45) is 2.15. The van der Waals surface area contributed by atoms with Gasteiger partial charge >= 0.3 is 0 Å². The number of nitrogens with one attached hydrogen (secondary N) is 1. The molecule has 0 bridgehead atoms. The summed E-state index contributed by atoms with van der Waals surface area (Å²) in [5, 5.41) is 4.49. The summed E-state index contributed by atoms with van der Waals surface area (Å²) in [6, 6.07) is 5.77. The molecule has 2 aromatic rings. The molecule has 3 heterocycles. The molecule has 0 radical (unpaired) electrons. The fourth-order valence-electron chi connectivity index (χ4n) is 2.73. The Kier molecular flexibility index (Phi) is 3.71. The molecule has 0 amide bonds. The minimum Gasteiger partial charge on any atom is -0.474 e. The first-order chi connectivity index (χ1) is 9.93. The van der Waals surface area contributed by atoms with E-state index in [9.17, 15) is 4.79 Å². The Bertz CT molecular complexity index is 678. The van der Waals surface area contributed by atoms with E-state index in [-0.39, 0.29) is 17.4 Å². The first kappa shape index (κ1) is 14.5. The number of aromatic nitrogens is 1. The molecule has 1 fully saturated rings. The molecular weight excluding hydrogens is 284 g/mol. The highest BCUT2D eigenvalue weighted by Crippen LogP contribution is 2.28. The van der Waals surface area contributed by atoms with Gasteiger partial charge < -0.3 is 10.1 Å². The largest absolute Gasteiger partial charge is 0.474 e. The minimum atomic E-state index is 0.0839. The fourth-order valence-corrected chi connectivity index (χ4v) is 3.64. The number of piperidine rings is 1. The first-order valence-electron chi connectivity index (χ1n) is 7.26. The lowest BCUT2D eigenvalue weighted by Crippen LogP contribution is -2.49. The lowest BCUT2D eigenvalue weighted by Gasteiger charge is -2.36. The standard InChI is InChI=1S/C16H20N2O2S/c1-10(19)13-8-11-4-5-14(18-15(11)21-13)20-12-6-7-17-16(2,3)9-12/h4-5,8,12,17H,6-7,9H2,1-3H3. The number of hydrogen-bond donors (Lipinski definition) is 1. The van der Waals surface area contributed by atoms with E-state index < -0.39 is 0 Å². The average Bonchev–Trinajstić information content (AvgIpc) is 2.80. The maximum absolute atomic E-state index is 11.4. The molecule has 3 rings (SSSR count). The van der Waals surface area contributed by atoms with Crippen LogP contribution in [-0.2, 0) is 0 Å². The predicted octanol–water partition coefficient (Wildman–Crippen LogP) is 3.41. The molecular formula is C16H20N2O2S. The topological polar surface area (TPSA) is 51.2 Å². The average molecular weight is 304 g/mol. The third-order valence-corrected chi connectivity index (χ3v) is 4.95. The van der Waals surface area contributed by atoms with Gasteiger partial charge in [-0.05, 0) is 45.9 Å². The normalized spacial score (nSPS) is 21.4. The monoisotopic (exact) mass is 304 g/mol. The van der Waals surface area contributed by atoms with Gasteiger partial charge in [0.1, 0.15) is 10.9 Å². The molecule has 0 aromatic carbocycles. The Hall–Kier alpha value is -1.46. The molecule has 1 aliphatic heterocycles. The molecule has 2 aromatic heterocycles. The Balaban J connectivity index is 1.79. The van der Waals surface area contributed by atoms with Crippen LogP contribution in [0.2, 0.25) is 0 Å². The number of carbonyl (C=O) groups is 1. The quantitative estimate of drug-likeness (QED) is 0.883. The van der Waals surface area contributed by atoms with Gasteiger partial charge in [0.25, 0.3) is 0 Å². The summed E-state index contributed by atoms with van der Waals surface area (Å²) in [5.74, 6) is 0.739. The van der Waals surface area contributed by atoms with E-state index >= 15 is 0 Å². The van der Waals surface area contributed by atoms with E-state index in [2.05, 4.69) is 24.1 Å². The van der Waals surface area contributed by atoms with Gasteiger partial charge in [-0.25, -0.2) is 4.98 Å². The van der Waals surface area contributed by atoms with Crippen LogP contribution >= 0.6 is 11.3 Å². The van der Waals surface area contributed by atoms with E-state index in [1.165, 1.54) is 11.3 Å². The van der Waals surface area contributed by atoms with Gasteiger partial charge in [-0.2, -0.15) is 0 Å². The van der Waals surface area contributed by atoms with E-state index in [1.807, 2.05) is 18.2 Å². The summed E-state index contributed by atoms with van der Waals surface area (Å²) in [5.41, 5.74) is 0.109. The summed E-state index contributed by atoms with van der Waals surface area (Å²) in [7, 11) is 0. The number of rotatable bonds is 3. The molecule has 1 unspecified atom stereocenters. The lowest BCUT2D eigenvalue weighted by molar-refractivity contribution is 0.102. The van der Waals surface area contributed by atoms with Gasteiger partial charge in [-0.3, -0.25) is 4.79 Å². The lowest BCUT2D eigenvalue weighted by atomic mass is 9.91. The van der Waals surface area contributed by atoms with E-state index in [0.717, 1.165) is 34.5 Å². The highest BCUT2D eigenvalue weighted by molar-refractivity contribution is 7.20. The number of carbonyl (C=O) groups excluding carboxylic acids is 1.